The van der Waals surface area contributed by atoms with Gasteiger partial charge in [0.05, 0.1) is 33.1 Å². The Morgan fingerprint density at radius 3 is 2.37 bits per heavy atom. The summed E-state index contributed by atoms with van der Waals surface area (Å²) in [6, 6.07) is 13.3. The molecule has 1 aromatic heterocycles. The van der Waals surface area contributed by atoms with Gasteiger partial charge in [-0.15, -0.1) is 0 Å². The first-order valence-corrected chi connectivity index (χ1v) is 8.45. The largest absolute Gasteiger partial charge is 0.497 e. The quantitative estimate of drug-likeness (QED) is 0.691. The van der Waals surface area contributed by atoms with Gasteiger partial charge in [0.1, 0.15) is 17.2 Å². The van der Waals surface area contributed by atoms with E-state index < -0.39 is 0 Å². The molecule has 1 aliphatic heterocycles. The lowest BCUT2D eigenvalue weighted by Gasteiger charge is -2.24. The maximum Gasteiger partial charge on any atom is 0.269 e. The van der Waals surface area contributed by atoms with Crippen LogP contribution in [0.25, 0.3) is 0 Å². The van der Waals surface area contributed by atoms with Gasteiger partial charge < -0.3 is 14.2 Å². The summed E-state index contributed by atoms with van der Waals surface area (Å²) in [6.07, 6.45) is 0.619. The summed E-state index contributed by atoms with van der Waals surface area (Å²) in [6.45, 7) is 0. The summed E-state index contributed by atoms with van der Waals surface area (Å²) in [5.41, 5.74) is 2.83. The molecule has 0 fully saturated rings. The van der Waals surface area contributed by atoms with E-state index in [4.69, 9.17) is 14.2 Å². The van der Waals surface area contributed by atoms with Gasteiger partial charge in [-0.05, 0) is 58.5 Å². The minimum atomic E-state index is -0.158. The number of aliphatic imine (C=N–C) groups is 1. The second-order valence-corrected chi connectivity index (χ2v) is 6.04. The monoisotopic (exact) mass is 365 g/mol. The molecule has 1 unspecified atom stereocenters. The molecule has 0 N–H and O–H groups in total. The summed E-state index contributed by atoms with van der Waals surface area (Å²) < 4.78 is 17.9. The second kappa shape index (κ2) is 7.06. The third kappa shape index (κ3) is 3.10. The van der Waals surface area contributed by atoms with Crippen LogP contribution < -0.4 is 14.2 Å². The number of tetrazole rings is 1. The van der Waals surface area contributed by atoms with Crippen LogP contribution in [0.3, 0.4) is 0 Å². The predicted molar refractivity (Wildman–Crippen MR) is 99.3 cm³/mol. The van der Waals surface area contributed by atoms with Crippen LogP contribution in [-0.4, -0.2) is 47.2 Å². The minimum absolute atomic E-state index is 0.158. The summed E-state index contributed by atoms with van der Waals surface area (Å²) in [5.74, 6) is 2.75. The number of hydrogen-bond acceptors (Lipinski definition) is 7. The molecule has 3 aromatic rings. The number of benzene rings is 2. The molecule has 2 heterocycles. The molecule has 138 valence electrons. The van der Waals surface area contributed by atoms with Crippen molar-refractivity contribution in [2.24, 2.45) is 4.99 Å². The maximum atomic E-state index is 5.57. The van der Waals surface area contributed by atoms with Crippen molar-refractivity contribution in [1.29, 1.82) is 0 Å². The SMILES string of the molecule is COc1ccc(C2=Nc3nnnn3C(c3cc(OC)ccc3OC)C2)cc1. The fourth-order valence-electron chi connectivity index (χ4n) is 3.21. The molecule has 2 aromatic carbocycles. The minimum Gasteiger partial charge on any atom is -0.497 e. The zero-order chi connectivity index (χ0) is 18.8. The maximum absolute atomic E-state index is 5.57. The molecule has 8 heteroatoms. The molecule has 0 saturated heterocycles. The fourth-order valence-corrected chi connectivity index (χ4v) is 3.21. The number of ether oxygens (including phenoxy) is 3. The zero-order valence-electron chi connectivity index (χ0n) is 15.3. The zero-order valence-corrected chi connectivity index (χ0v) is 15.3. The standard InChI is InChI=1S/C19H19N5O3/c1-25-13-6-4-12(5-7-13)16-11-17(24-19(20-16)21-22-23-24)15-10-14(26-2)8-9-18(15)27-3/h4-10,17H,11H2,1-3H3. The van der Waals surface area contributed by atoms with E-state index in [1.807, 2.05) is 42.5 Å². The third-order valence-electron chi connectivity index (χ3n) is 4.61. The number of nitrogens with zero attached hydrogens (tertiary/aromatic N) is 5. The highest BCUT2D eigenvalue weighted by Gasteiger charge is 2.29. The summed E-state index contributed by atoms with van der Waals surface area (Å²) >= 11 is 0. The van der Waals surface area contributed by atoms with Gasteiger partial charge in [-0.25, -0.2) is 9.67 Å². The Labute approximate surface area is 156 Å². The van der Waals surface area contributed by atoms with Gasteiger partial charge in [0.15, 0.2) is 0 Å². The van der Waals surface area contributed by atoms with Gasteiger partial charge in [-0.1, -0.05) is 5.10 Å². The Bertz CT molecular complexity index is 981. The summed E-state index contributed by atoms with van der Waals surface area (Å²) in [7, 11) is 4.93. The molecule has 4 rings (SSSR count). The first-order valence-electron chi connectivity index (χ1n) is 8.45. The van der Waals surface area contributed by atoms with E-state index in [1.54, 1.807) is 26.0 Å². The lowest BCUT2D eigenvalue weighted by atomic mass is 9.95. The van der Waals surface area contributed by atoms with E-state index in [9.17, 15) is 0 Å². The van der Waals surface area contributed by atoms with E-state index in [0.29, 0.717) is 12.4 Å². The average molecular weight is 365 g/mol. The van der Waals surface area contributed by atoms with Crippen LogP contribution in [0.1, 0.15) is 23.6 Å². The highest BCUT2D eigenvalue weighted by molar-refractivity contribution is 6.02. The molecule has 8 nitrogen and oxygen atoms in total. The van der Waals surface area contributed by atoms with Crippen LogP contribution in [0.15, 0.2) is 47.5 Å². The van der Waals surface area contributed by atoms with Crippen LogP contribution in [0, 0.1) is 0 Å². The van der Waals surface area contributed by atoms with Crippen molar-refractivity contribution < 1.29 is 14.2 Å². The average Bonchev–Trinajstić information content (AvgIpc) is 3.21. The number of rotatable bonds is 5. The number of hydrogen-bond donors (Lipinski definition) is 0. The summed E-state index contributed by atoms with van der Waals surface area (Å²) in [4.78, 5) is 4.64. The van der Waals surface area contributed by atoms with Gasteiger partial charge in [0.25, 0.3) is 5.95 Å². The lowest BCUT2D eigenvalue weighted by molar-refractivity contribution is 0.387. The number of fused-ring (bicyclic) bond motifs is 1. The van der Waals surface area contributed by atoms with E-state index in [1.165, 1.54) is 0 Å². The van der Waals surface area contributed by atoms with E-state index in [0.717, 1.165) is 34.1 Å². The van der Waals surface area contributed by atoms with Crippen molar-refractivity contribution in [2.45, 2.75) is 12.5 Å². The number of methoxy groups -OCH3 is 3. The van der Waals surface area contributed by atoms with Crippen LogP contribution in [0.5, 0.6) is 17.2 Å². The van der Waals surface area contributed by atoms with Gasteiger partial charge >= 0.3 is 0 Å². The number of aromatic nitrogens is 4. The van der Waals surface area contributed by atoms with Gasteiger partial charge in [0.2, 0.25) is 0 Å². The van der Waals surface area contributed by atoms with Crippen LogP contribution in [-0.2, 0) is 0 Å². The lowest BCUT2D eigenvalue weighted by Crippen LogP contribution is -2.22. The van der Waals surface area contributed by atoms with Crippen molar-refractivity contribution >= 4 is 11.7 Å². The normalized spacial score (nSPS) is 15.7. The molecule has 27 heavy (non-hydrogen) atoms. The molecule has 1 atom stereocenters. The van der Waals surface area contributed by atoms with Gasteiger partial charge in [-0.2, -0.15) is 0 Å². The van der Waals surface area contributed by atoms with Crippen molar-refractivity contribution in [3.05, 3.63) is 53.6 Å². The third-order valence-corrected chi connectivity index (χ3v) is 4.61. The molecule has 0 saturated carbocycles. The first-order chi connectivity index (χ1) is 13.2. The van der Waals surface area contributed by atoms with E-state index >= 15 is 0 Å². The molecule has 0 aliphatic carbocycles. The second-order valence-electron chi connectivity index (χ2n) is 6.04. The summed E-state index contributed by atoms with van der Waals surface area (Å²) in [5, 5.41) is 12.0. The molecule has 0 spiro atoms. The Hall–Kier alpha value is -3.42. The van der Waals surface area contributed by atoms with Crippen molar-refractivity contribution in [1.82, 2.24) is 20.2 Å². The Morgan fingerprint density at radius 1 is 0.926 bits per heavy atom. The fraction of sp³-hybridized carbons (Fsp3) is 0.263. The van der Waals surface area contributed by atoms with Crippen molar-refractivity contribution in [3.63, 3.8) is 0 Å². The van der Waals surface area contributed by atoms with E-state index in [-0.39, 0.29) is 6.04 Å². The highest BCUT2D eigenvalue weighted by Crippen LogP contribution is 2.38. The van der Waals surface area contributed by atoms with Crippen molar-refractivity contribution in [2.75, 3.05) is 21.3 Å². The molecule has 0 radical (unpaired) electrons. The van der Waals surface area contributed by atoms with E-state index in [2.05, 4.69) is 20.5 Å². The Kier molecular flexibility index (Phi) is 4.45. The van der Waals surface area contributed by atoms with Crippen LogP contribution in [0.2, 0.25) is 0 Å². The molecule has 1 aliphatic rings. The molecular weight excluding hydrogens is 346 g/mol. The highest BCUT2D eigenvalue weighted by atomic mass is 16.5. The van der Waals surface area contributed by atoms with Crippen LogP contribution in [0.4, 0.5) is 5.95 Å². The predicted octanol–water partition coefficient (Wildman–Crippen LogP) is 2.81. The Balaban J connectivity index is 1.78. The first kappa shape index (κ1) is 17.0. The van der Waals surface area contributed by atoms with Crippen molar-refractivity contribution in [3.8, 4) is 17.2 Å². The van der Waals surface area contributed by atoms with Crippen LogP contribution >= 0.6 is 0 Å². The van der Waals surface area contributed by atoms with Gasteiger partial charge in [0, 0.05) is 12.0 Å². The molecular formula is C19H19N5O3. The Morgan fingerprint density at radius 2 is 1.67 bits per heavy atom. The smallest absolute Gasteiger partial charge is 0.269 e. The molecule has 0 bridgehead atoms. The topological polar surface area (TPSA) is 83.7 Å². The molecule has 0 amide bonds. The van der Waals surface area contributed by atoms with Gasteiger partial charge in [-0.3, -0.25) is 0 Å².